The van der Waals surface area contributed by atoms with Crippen LogP contribution in [0.2, 0.25) is 0 Å². The van der Waals surface area contributed by atoms with Crippen LogP contribution < -0.4 is 18.9 Å². The second-order valence-electron chi connectivity index (χ2n) is 0.994. The van der Waals surface area contributed by atoms with Gasteiger partial charge in [-0.15, -0.1) is 0 Å². The van der Waals surface area contributed by atoms with Gasteiger partial charge in [0.05, 0.1) is 0 Å². The molecule has 0 rings (SSSR count). The first-order valence-corrected chi connectivity index (χ1v) is 1.84. The molecule has 0 aromatic rings. The van der Waals surface area contributed by atoms with Crippen molar-refractivity contribution in [3.63, 3.8) is 0 Å². The van der Waals surface area contributed by atoms with Crippen LogP contribution >= 0.6 is 0 Å². The Morgan fingerprint density at radius 3 is 2.00 bits per heavy atom. The number of hydrogen-bond donors (Lipinski definition) is 0. The second kappa shape index (κ2) is 6.07. The topological polar surface area (TPSA) is 26.5 Å². The molecule has 7 heavy (non-hydrogen) atoms. The molecule has 0 unspecified atom stereocenters. The van der Waals surface area contributed by atoms with Gasteiger partial charge in [0.2, 0.25) is 0 Å². The summed E-state index contributed by atoms with van der Waals surface area (Å²) in [6.07, 6.45) is 0. The summed E-state index contributed by atoms with van der Waals surface area (Å²) in [5, 5.41) is 3.76. The van der Waals surface area contributed by atoms with Gasteiger partial charge in [-0.1, -0.05) is 19.9 Å². The van der Waals surface area contributed by atoms with E-state index >= 15 is 0 Å². The minimum Gasteiger partial charge on any atom is -0.473 e. The van der Waals surface area contributed by atoms with Crippen LogP contribution in [0.1, 0.15) is 6.92 Å². The van der Waals surface area contributed by atoms with Crippen molar-refractivity contribution in [1.82, 2.24) is 0 Å². The summed E-state index contributed by atoms with van der Waals surface area (Å²) in [7, 11) is 3.45. The molecule has 0 aliphatic heterocycles. The van der Waals surface area contributed by atoms with E-state index in [-0.39, 0.29) is 18.9 Å². The molecule has 0 spiro atoms. The van der Waals surface area contributed by atoms with Crippen LogP contribution in [0, 0.1) is 0 Å². The first kappa shape index (κ1) is 10.1. The molecule has 36 valence electrons. The maximum Gasteiger partial charge on any atom is 1.00 e. The molecule has 0 radical (unpaired) electrons. The zero-order chi connectivity index (χ0) is 4.99. The van der Waals surface area contributed by atoms with E-state index in [1.807, 2.05) is 6.92 Å². The van der Waals surface area contributed by atoms with Gasteiger partial charge in [-0.2, -0.15) is 0 Å². The molecule has 0 fully saturated rings. The van der Waals surface area contributed by atoms with Crippen molar-refractivity contribution < 1.29 is 18.9 Å². The van der Waals surface area contributed by atoms with Crippen LogP contribution in [0.15, 0.2) is 4.99 Å². The third-order valence-corrected chi connectivity index (χ3v) is 0.647. The van der Waals surface area contributed by atoms with Gasteiger partial charge in [-0.3, -0.25) is 0 Å². The third kappa shape index (κ3) is 6.07. The van der Waals surface area contributed by atoms with E-state index in [1.165, 1.54) is 0 Å². The molecule has 0 aromatic heterocycles. The summed E-state index contributed by atoms with van der Waals surface area (Å²) in [5.41, 5.74) is 0. The minimum atomic E-state index is 0. The molecule has 0 aromatic carbocycles. The summed E-state index contributed by atoms with van der Waals surface area (Å²) >= 11 is 0. The van der Waals surface area contributed by atoms with Crippen LogP contribution in [0.25, 0.3) is 5.32 Å². The molecule has 0 aliphatic carbocycles. The average molecular weight is 92.1 g/mol. The number of hydrogen-bond acceptors (Lipinski definition) is 1. The SMILES string of the molecule is CN=C(C)[N-]C.[Li+]. The molecular formula is C4H9LiN2. The quantitative estimate of drug-likeness (QED) is 0.188. The third-order valence-electron chi connectivity index (χ3n) is 0.647. The largest absolute Gasteiger partial charge is 1.00 e. The van der Waals surface area contributed by atoms with Gasteiger partial charge in [0.1, 0.15) is 0 Å². The van der Waals surface area contributed by atoms with E-state index in [9.17, 15) is 0 Å². The van der Waals surface area contributed by atoms with E-state index < -0.39 is 0 Å². The normalized spacial score (nSPS) is 9.86. The fourth-order valence-electron chi connectivity index (χ4n) is 0.100. The molecule has 0 N–H and O–H groups in total. The first-order chi connectivity index (χ1) is 2.81. The molecular weight excluding hydrogens is 83.0 g/mol. The van der Waals surface area contributed by atoms with Crippen molar-refractivity contribution in [2.75, 3.05) is 14.1 Å². The van der Waals surface area contributed by atoms with Crippen molar-refractivity contribution in [1.29, 1.82) is 0 Å². The van der Waals surface area contributed by atoms with E-state index in [1.54, 1.807) is 14.1 Å². The summed E-state index contributed by atoms with van der Waals surface area (Å²) in [4.78, 5) is 3.76. The zero-order valence-electron chi connectivity index (χ0n) is 5.39. The maximum atomic E-state index is 3.76. The smallest absolute Gasteiger partial charge is 0.473 e. The number of amidine groups is 1. The van der Waals surface area contributed by atoms with Gasteiger partial charge in [-0.05, 0) is 6.92 Å². The van der Waals surface area contributed by atoms with Crippen molar-refractivity contribution >= 4 is 5.84 Å². The van der Waals surface area contributed by atoms with E-state index in [2.05, 4.69) is 10.3 Å². The average Bonchev–Trinajstić information content (AvgIpc) is 1.65. The molecule has 0 heterocycles. The van der Waals surface area contributed by atoms with Gasteiger partial charge in [-0.25, -0.2) is 0 Å². The van der Waals surface area contributed by atoms with Crippen LogP contribution in [0.3, 0.4) is 0 Å². The Morgan fingerprint density at radius 2 is 2.00 bits per heavy atom. The Kier molecular flexibility index (Phi) is 8.78. The Morgan fingerprint density at radius 1 is 1.57 bits per heavy atom. The Balaban J connectivity index is 0. The second-order valence-corrected chi connectivity index (χ2v) is 0.994. The van der Waals surface area contributed by atoms with Gasteiger partial charge >= 0.3 is 18.9 Å². The fourth-order valence-corrected chi connectivity index (χ4v) is 0.100. The predicted molar refractivity (Wildman–Crippen MR) is 28.3 cm³/mol. The number of nitrogens with zero attached hydrogens (tertiary/aromatic N) is 2. The van der Waals surface area contributed by atoms with Crippen molar-refractivity contribution in [2.45, 2.75) is 6.92 Å². The molecule has 0 saturated heterocycles. The molecule has 0 aliphatic rings. The Hall–Kier alpha value is 0.0674. The molecule has 3 heteroatoms. The standard InChI is InChI=1S/C4H9N2.Li/c1-4(5-2)6-3;/h1-3H3;/q-1;+1. The summed E-state index contributed by atoms with van der Waals surface area (Å²) in [6, 6.07) is 0. The van der Waals surface area contributed by atoms with Crippen molar-refractivity contribution in [3.8, 4) is 0 Å². The van der Waals surface area contributed by atoms with Gasteiger partial charge < -0.3 is 10.3 Å². The van der Waals surface area contributed by atoms with Crippen molar-refractivity contribution in [3.05, 3.63) is 5.32 Å². The molecule has 0 amide bonds. The molecule has 0 saturated carbocycles. The van der Waals surface area contributed by atoms with Crippen LogP contribution in [-0.2, 0) is 0 Å². The Labute approximate surface area is 56.6 Å². The van der Waals surface area contributed by atoms with Gasteiger partial charge in [0, 0.05) is 0 Å². The van der Waals surface area contributed by atoms with Crippen LogP contribution in [0.4, 0.5) is 0 Å². The first-order valence-electron chi connectivity index (χ1n) is 1.84. The molecule has 2 nitrogen and oxygen atoms in total. The number of rotatable bonds is 0. The van der Waals surface area contributed by atoms with Crippen LogP contribution in [-0.4, -0.2) is 19.9 Å². The fraction of sp³-hybridized carbons (Fsp3) is 0.750. The predicted octanol–water partition coefficient (Wildman–Crippen LogP) is -1.96. The maximum absolute atomic E-state index is 3.76. The molecule has 0 bridgehead atoms. The zero-order valence-corrected chi connectivity index (χ0v) is 5.39. The van der Waals surface area contributed by atoms with Gasteiger partial charge in [0.15, 0.2) is 0 Å². The summed E-state index contributed by atoms with van der Waals surface area (Å²) in [5.74, 6) is 0.843. The molecule has 0 atom stereocenters. The summed E-state index contributed by atoms with van der Waals surface area (Å²) < 4.78 is 0. The number of aliphatic imine (C=N–C) groups is 1. The minimum absolute atomic E-state index is 0. The Bertz CT molecular complexity index is 60.7. The van der Waals surface area contributed by atoms with E-state index in [4.69, 9.17) is 0 Å². The van der Waals surface area contributed by atoms with Crippen molar-refractivity contribution in [2.24, 2.45) is 4.99 Å². The monoisotopic (exact) mass is 92.1 g/mol. The van der Waals surface area contributed by atoms with Gasteiger partial charge in [0.25, 0.3) is 0 Å². The van der Waals surface area contributed by atoms with E-state index in [0.29, 0.717) is 0 Å². The van der Waals surface area contributed by atoms with Crippen LogP contribution in [0.5, 0.6) is 0 Å². The van der Waals surface area contributed by atoms with E-state index in [0.717, 1.165) is 5.84 Å². The summed E-state index contributed by atoms with van der Waals surface area (Å²) in [6.45, 7) is 1.86.